The Hall–Kier alpha value is -3.15. The smallest absolute Gasteiger partial charge is 0.254 e. The second kappa shape index (κ2) is 6.63. The molecule has 0 atom stereocenters. The maximum atomic E-state index is 12.7. The fourth-order valence-electron chi connectivity index (χ4n) is 3.49. The van der Waals surface area contributed by atoms with Gasteiger partial charge in [-0.1, -0.05) is 24.3 Å². The normalized spacial score (nSPS) is 14.7. The van der Waals surface area contributed by atoms with Crippen molar-refractivity contribution in [1.82, 2.24) is 14.9 Å². The van der Waals surface area contributed by atoms with Gasteiger partial charge in [0.2, 0.25) is 5.56 Å². The topological polar surface area (TPSA) is 69.3 Å². The summed E-state index contributed by atoms with van der Waals surface area (Å²) in [6, 6.07) is 11.3. The first kappa shape index (κ1) is 16.3. The summed E-state index contributed by atoms with van der Waals surface area (Å²) in [6.45, 7) is 4.50. The third-order valence-corrected chi connectivity index (χ3v) is 4.78. The Labute approximate surface area is 151 Å². The number of pyridine rings is 2. The van der Waals surface area contributed by atoms with E-state index in [1.807, 2.05) is 29.4 Å². The van der Waals surface area contributed by atoms with E-state index in [2.05, 4.69) is 27.0 Å². The SMILES string of the molecule is Cc1cc(C(=O)N2CCN(c3cncc4ccccc34)CC2)cc(=O)[nH]1. The summed E-state index contributed by atoms with van der Waals surface area (Å²) < 4.78 is 0. The van der Waals surface area contributed by atoms with E-state index in [0.717, 1.165) is 24.2 Å². The second-order valence-corrected chi connectivity index (χ2v) is 6.58. The lowest BCUT2D eigenvalue weighted by atomic mass is 10.1. The lowest BCUT2D eigenvalue weighted by Gasteiger charge is -2.36. The standard InChI is InChI=1S/C20H20N4O2/c1-14-10-16(11-19(25)22-14)20(26)24-8-6-23(7-9-24)18-13-21-12-15-4-2-3-5-17(15)18/h2-5,10-13H,6-9H2,1H3,(H,22,25). The van der Waals surface area contributed by atoms with E-state index in [1.54, 1.807) is 13.0 Å². The van der Waals surface area contributed by atoms with Crippen molar-refractivity contribution in [2.45, 2.75) is 6.92 Å². The number of hydrogen-bond acceptors (Lipinski definition) is 4. The molecule has 3 aromatic rings. The van der Waals surface area contributed by atoms with Crippen molar-refractivity contribution >= 4 is 22.4 Å². The number of aromatic nitrogens is 2. The molecule has 6 heteroatoms. The van der Waals surface area contributed by atoms with Gasteiger partial charge < -0.3 is 14.8 Å². The van der Waals surface area contributed by atoms with Crippen LogP contribution in [-0.4, -0.2) is 47.0 Å². The average Bonchev–Trinajstić information content (AvgIpc) is 2.66. The average molecular weight is 348 g/mol. The Morgan fingerprint density at radius 2 is 1.85 bits per heavy atom. The number of aryl methyl sites for hydroxylation is 1. The molecule has 0 spiro atoms. The van der Waals surface area contributed by atoms with Gasteiger partial charge in [-0.05, 0) is 13.0 Å². The molecule has 3 heterocycles. The maximum Gasteiger partial charge on any atom is 0.254 e. The Morgan fingerprint density at radius 3 is 2.62 bits per heavy atom. The van der Waals surface area contributed by atoms with E-state index >= 15 is 0 Å². The molecule has 1 aliphatic heterocycles. The van der Waals surface area contributed by atoms with E-state index in [1.165, 1.54) is 11.5 Å². The van der Waals surface area contributed by atoms with Gasteiger partial charge in [-0.2, -0.15) is 0 Å². The molecule has 132 valence electrons. The van der Waals surface area contributed by atoms with Crippen LogP contribution in [0.5, 0.6) is 0 Å². The number of nitrogens with zero attached hydrogens (tertiary/aromatic N) is 3. The molecule has 0 saturated carbocycles. The molecule has 0 bridgehead atoms. The van der Waals surface area contributed by atoms with Crippen LogP contribution in [0.2, 0.25) is 0 Å². The van der Waals surface area contributed by atoms with Crippen molar-refractivity contribution in [1.29, 1.82) is 0 Å². The van der Waals surface area contributed by atoms with Crippen LogP contribution in [0.25, 0.3) is 10.8 Å². The number of nitrogens with one attached hydrogen (secondary N) is 1. The molecule has 1 fully saturated rings. The Bertz CT molecular complexity index is 1010. The molecule has 4 rings (SSSR count). The second-order valence-electron chi connectivity index (χ2n) is 6.58. The summed E-state index contributed by atoms with van der Waals surface area (Å²) in [7, 11) is 0. The number of anilines is 1. The molecular formula is C20H20N4O2. The fraction of sp³-hybridized carbons (Fsp3) is 0.250. The fourth-order valence-corrected chi connectivity index (χ4v) is 3.49. The number of aromatic amines is 1. The largest absolute Gasteiger partial charge is 0.366 e. The molecule has 0 unspecified atom stereocenters. The van der Waals surface area contributed by atoms with Crippen LogP contribution < -0.4 is 10.5 Å². The molecular weight excluding hydrogens is 328 g/mol. The van der Waals surface area contributed by atoms with Gasteiger partial charge in [-0.15, -0.1) is 0 Å². The van der Waals surface area contributed by atoms with Crippen molar-refractivity contribution in [3.8, 4) is 0 Å². The molecule has 6 nitrogen and oxygen atoms in total. The van der Waals surface area contributed by atoms with Crippen LogP contribution in [0.3, 0.4) is 0 Å². The predicted octanol–water partition coefficient (Wildman–Crippen LogP) is 2.19. The van der Waals surface area contributed by atoms with Gasteiger partial charge in [-0.3, -0.25) is 14.6 Å². The first-order valence-electron chi connectivity index (χ1n) is 8.70. The minimum atomic E-state index is -0.242. The Balaban J connectivity index is 1.52. The number of carbonyl (C=O) groups excluding carboxylic acids is 1. The van der Waals surface area contributed by atoms with Crippen LogP contribution in [0.15, 0.2) is 53.6 Å². The molecule has 1 aliphatic rings. The minimum absolute atomic E-state index is 0.0881. The highest BCUT2D eigenvalue weighted by molar-refractivity contribution is 5.95. The summed E-state index contributed by atoms with van der Waals surface area (Å²) in [5, 5.41) is 2.29. The summed E-state index contributed by atoms with van der Waals surface area (Å²) >= 11 is 0. The van der Waals surface area contributed by atoms with Crippen LogP contribution in [0, 0.1) is 6.92 Å². The molecule has 1 saturated heterocycles. The van der Waals surface area contributed by atoms with Gasteiger partial charge in [-0.25, -0.2) is 0 Å². The predicted molar refractivity (Wildman–Crippen MR) is 102 cm³/mol. The number of hydrogen-bond donors (Lipinski definition) is 1. The zero-order valence-corrected chi connectivity index (χ0v) is 14.6. The van der Waals surface area contributed by atoms with Crippen LogP contribution in [0.1, 0.15) is 16.1 Å². The van der Waals surface area contributed by atoms with Gasteiger partial charge in [0.25, 0.3) is 5.91 Å². The number of H-pyrrole nitrogens is 1. The van der Waals surface area contributed by atoms with Crippen LogP contribution >= 0.6 is 0 Å². The van der Waals surface area contributed by atoms with E-state index in [4.69, 9.17) is 0 Å². The van der Waals surface area contributed by atoms with Gasteiger partial charge in [0.1, 0.15) is 0 Å². The van der Waals surface area contributed by atoms with Gasteiger partial charge in [0, 0.05) is 60.5 Å². The third kappa shape index (κ3) is 3.06. The molecule has 1 aromatic carbocycles. The van der Waals surface area contributed by atoms with Crippen molar-refractivity contribution in [2.75, 3.05) is 31.1 Å². The van der Waals surface area contributed by atoms with E-state index in [9.17, 15) is 9.59 Å². The lowest BCUT2D eigenvalue weighted by Crippen LogP contribution is -2.49. The van der Waals surface area contributed by atoms with Crippen LogP contribution in [-0.2, 0) is 0 Å². The first-order chi connectivity index (χ1) is 12.6. The number of carbonyl (C=O) groups is 1. The van der Waals surface area contributed by atoms with Gasteiger partial charge in [0.15, 0.2) is 0 Å². The third-order valence-electron chi connectivity index (χ3n) is 4.78. The zero-order chi connectivity index (χ0) is 18.1. The highest BCUT2D eigenvalue weighted by Gasteiger charge is 2.23. The lowest BCUT2D eigenvalue weighted by molar-refractivity contribution is 0.0746. The van der Waals surface area contributed by atoms with Crippen LogP contribution in [0.4, 0.5) is 5.69 Å². The highest BCUT2D eigenvalue weighted by atomic mass is 16.2. The summed E-state index contributed by atoms with van der Waals surface area (Å²) in [5.74, 6) is -0.0881. The number of fused-ring (bicyclic) bond motifs is 1. The van der Waals surface area contributed by atoms with Crippen molar-refractivity contribution < 1.29 is 4.79 Å². The van der Waals surface area contributed by atoms with E-state index in [0.29, 0.717) is 24.3 Å². The van der Waals surface area contributed by atoms with Crippen molar-refractivity contribution in [3.05, 3.63) is 70.4 Å². The zero-order valence-electron chi connectivity index (χ0n) is 14.6. The number of benzene rings is 1. The maximum absolute atomic E-state index is 12.7. The highest BCUT2D eigenvalue weighted by Crippen LogP contribution is 2.26. The van der Waals surface area contributed by atoms with E-state index < -0.39 is 0 Å². The number of piperazine rings is 1. The quantitative estimate of drug-likeness (QED) is 0.771. The number of amides is 1. The monoisotopic (exact) mass is 348 g/mol. The molecule has 26 heavy (non-hydrogen) atoms. The molecule has 2 aromatic heterocycles. The van der Waals surface area contributed by atoms with Gasteiger partial charge in [0.05, 0.1) is 11.9 Å². The van der Waals surface area contributed by atoms with E-state index in [-0.39, 0.29) is 11.5 Å². The van der Waals surface area contributed by atoms with Crippen molar-refractivity contribution in [2.24, 2.45) is 0 Å². The summed E-state index contributed by atoms with van der Waals surface area (Å²) in [6.07, 6.45) is 3.76. The molecule has 0 aliphatic carbocycles. The van der Waals surface area contributed by atoms with Gasteiger partial charge >= 0.3 is 0 Å². The first-order valence-corrected chi connectivity index (χ1v) is 8.70. The Kier molecular flexibility index (Phi) is 4.16. The number of rotatable bonds is 2. The molecule has 0 radical (unpaired) electrons. The molecule has 1 amide bonds. The van der Waals surface area contributed by atoms with Crippen molar-refractivity contribution in [3.63, 3.8) is 0 Å². The summed E-state index contributed by atoms with van der Waals surface area (Å²) in [5.41, 5.74) is 2.00. The Morgan fingerprint density at radius 1 is 1.08 bits per heavy atom. The summed E-state index contributed by atoms with van der Waals surface area (Å²) in [4.78, 5) is 35.4. The molecule has 1 N–H and O–H groups in total. The minimum Gasteiger partial charge on any atom is -0.366 e.